The molecule has 0 heterocycles. The molecule has 1 aromatic carbocycles. The minimum atomic E-state index is -1.50. The van der Waals surface area contributed by atoms with Gasteiger partial charge in [0, 0.05) is 12.2 Å². The highest BCUT2D eigenvalue weighted by Crippen LogP contribution is 2.01. The fraction of sp³-hybridized carbons (Fsp3) is 0.143. The molecule has 5 nitrogen and oxygen atoms in total. The number of carbonyl (C=O) groups is 2. The maximum Gasteiger partial charge on any atom is 0.333 e. The second-order valence-corrected chi connectivity index (χ2v) is 3.47. The molecule has 0 bridgehead atoms. The number of aliphatic hydroxyl groups is 1. The van der Waals surface area contributed by atoms with E-state index in [0.29, 0.717) is 0 Å². The van der Waals surface area contributed by atoms with Crippen molar-refractivity contribution in [3.8, 4) is 0 Å². The summed E-state index contributed by atoms with van der Waals surface area (Å²) in [5, 5.41) is 9.27. The van der Waals surface area contributed by atoms with E-state index < -0.39 is 24.8 Å². The molecule has 0 spiro atoms. The highest BCUT2D eigenvalue weighted by Gasteiger charge is 2.10. The Morgan fingerprint density at radius 3 is 2.58 bits per heavy atom. The van der Waals surface area contributed by atoms with E-state index in [1.165, 1.54) is 6.08 Å². The van der Waals surface area contributed by atoms with Crippen molar-refractivity contribution in [2.45, 2.75) is 6.29 Å². The Bertz CT molecular complexity index is 464. The van der Waals surface area contributed by atoms with Gasteiger partial charge in [-0.15, -0.1) is 0 Å². The fourth-order valence-electron chi connectivity index (χ4n) is 1.15. The standard InChI is InChI=1S/C14H14O5/c1-2-12(15)18-10-14(17)19-13(16)9-8-11-6-4-3-5-7-11/h2-9,14,17H,1,10H2. The lowest BCUT2D eigenvalue weighted by Crippen LogP contribution is -2.23. The maximum absolute atomic E-state index is 11.3. The molecule has 1 atom stereocenters. The van der Waals surface area contributed by atoms with Crippen LogP contribution in [0.3, 0.4) is 0 Å². The number of aliphatic hydroxyl groups excluding tert-OH is 1. The zero-order chi connectivity index (χ0) is 14.1. The first kappa shape index (κ1) is 14.7. The topological polar surface area (TPSA) is 72.8 Å². The van der Waals surface area contributed by atoms with Crippen molar-refractivity contribution in [1.29, 1.82) is 0 Å². The van der Waals surface area contributed by atoms with Crippen LogP contribution < -0.4 is 0 Å². The van der Waals surface area contributed by atoms with Gasteiger partial charge in [-0.05, 0) is 11.6 Å². The van der Waals surface area contributed by atoms with Gasteiger partial charge in [-0.2, -0.15) is 0 Å². The van der Waals surface area contributed by atoms with Crippen LogP contribution in [0.1, 0.15) is 5.56 Å². The summed E-state index contributed by atoms with van der Waals surface area (Å²) >= 11 is 0. The fourth-order valence-corrected chi connectivity index (χ4v) is 1.15. The first-order valence-corrected chi connectivity index (χ1v) is 5.53. The van der Waals surface area contributed by atoms with Crippen LogP contribution >= 0.6 is 0 Å². The van der Waals surface area contributed by atoms with Crippen LogP contribution in [0.25, 0.3) is 6.08 Å². The Balaban J connectivity index is 2.36. The van der Waals surface area contributed by atoms with E-state index in [1.807, 2.05) is 30.3 Å². The van der Waals surface area contributed by atoms with E-state index in [2.05, 4.69) is 16.1 Å². The number of esters is 2. The van der Waals surface area contributed by atoms with Crippen LogP contribution in [0.15, 0.2) is 49.1 Å². The summed E-state index contributed by atoms with van der Waals surface area (Å²) in [7, 11) is 0. The molecule has 0 saturated carbocycles. The molecule has 0 fully saturated rings. The second kappa shape index (κ2) is 7.84. The van der Waals surface area contributed by atoms with Crippen LogP contribution in [0, 0.1) is 0 Å². The number of ether oxygens (including phenoxy) is 2. The van der Waals surface area contributed by atoms with Gasteiger partial charge >= 0.3 is 11.9 Å². The Labute approximate surface area is 110 Å². The third-order valence-electron chi connectivity index (χ3n) is 2.00. The summed E-state index contributed by atoms with van der Waals surface area (Å²) in [4.78, 5) is 22.0. The number of rotatable bonds is 6. The van der Waals surface area contributed by atoms with Gasteiger partial charge in [0.25, 0.3) is 0 Å². The van der Waals surface area contributed by atoms with Gasteiger partial charge in [0.2, 0.25) is 6.29 Å². The van der Waals surface area contributed by atoms with Gasteiger partial charge in [0.05, 0.1) is 0 Å². The molecule has 0 radical (unpaired) electrons. The zero-order valence-electron chi connectivity index (χ0n) is 10.2. The van der Waals surface area contributed by atoms with Gasteiger partial charge in [-0.1, -0.05) is 36.9 Å². The van der Waals surface area contributed by atoms with E-state index in [-0.39, 0.29) is 0 Å². The smallest absolute Gasteiger partial charge is 0.333 e. The minimum Gasteiger partial charge on any atom is -0.456 e. The largest absolute Gasteiger partial charge is 0.456 e. The van der Waals surface area contributed by atoms with Crippen molar-refractivity contribution in [3.63, 3.8) is 0 Å². The lowest BCUT2D eigenvalue weighted by Gasteiger charge is -2.09. The van der Waals surface area contributed by atoms with Gasteiger partial charge < -0.3 is 14.6 Å². The summed E-state index contributed by atoms with van der Waals surface area (Å²) in [6.07, 6.45) is 2.17. The monoisotopic (exact) mass is 262 g/mol. The summed E-state index contributed by atoms with van der Waals surface area (Å²) in [6.45, 7) is 2.75. The van der Waals surface area contributed by atoms with Crippen LogP contribution in [-0.2, 0) is 19.1 Å². The van der Waals surface area contributed by atoms with E-state index in [4.69, 9.17) is 0 Å². The quantitative estimate of drug-likeness (QED) is 0.475. The average molecular weight is 262 g/mol. The molecule has 0 aromatic heterocycles. The molecule has 19 heavy (non-hydrogen) atoms. The maximum atomic E-state index is 11.3. The normalized spacial score (nSPS) is 11.8. The van der Waals surface area contributed by atoms with E-state index >= 15 is 0 Å². The first-order valence-electron chi connectivity index (χ1n) is 5.53. The van der Waals surface area contributed by atoms with Gasteiger partial charge in [-0.25, -0.2) is 9.59 Å². The molecule has 0 aliphatic rings. The van der Waals surface area contributed by atoms with E-state index in [1.54, 1.807) is 6.08 Å². The third-order valence-corrected chi connectivity index (χ3v) is 2.00. The predicted octanol–water partition coefficient (Wildman–Crippen LogP) is 1.29. The minimum absolute atomic E-state index is 0.435. The SMILES string of the molecule is C=CC(=O)OCC(O)OC(=O)C=Cc1ccccc1. The van der Waals surface area contributed by atoms with Crippen molar-refractivity contribution in [2.24, 2.45) is 0 Å². The predicted molar refractivity (Wildman–Crippen MR) is 68.7 cm³/mol. The number of hydrogen-bond acceptors (Lipinski definition) is 5. The van der Waals surface area contributed by atoms with Crippen LogP contribution in [0.4, 0.5) is 0 Å². The molecule has 1 rings (SSSR count). The molecule has 1 unspecified atom stereocenters. The summed E-state index contributed by atoms with van der Waals surface area (Å²) in [5.41, 5.74) is 0.826. The van der Waals surface area contributed by atoms with Crippen LogP contribution in [0.5, 0.6) is 0 Å². The molecule has 100 valence electrons. The van der Waals surface area contributed by atoms with Crippen molar-refractivity contribution >= 4 is 18.0 Å². The van der Waals surface area contributed by atoms with Crippen molar-refractivity contribution < 1.29 is 24.2 Å². The Morgan fingerprint density at radius 1 is 1.26 bits per heavy atom. The highest BCUT2D eigenvalue weighted by molar-refractivity contribution is 5.87. The Morgan fingerprint density at radius 2 is 1.95 bits per heavy atom. The molecule has 0 aliphatic carbocycles. The lowest BCUT2D eigenvalue weighted by molar-refractivity contribution is -0.175. The molecule has 0 amide bonds. The molecule has 1 N–H and O–H groups in total. The zero-order valence-corrected chi connectivity index (χ0v) is 10.2. The van der Waals surface area contributed by atoms with Crippen LogP contribution in [-0.4, -0.2) is 29.9 Å². The highest BCUT2D eigenvalue weighted by atomic mass is 16.7. The molecular weight excluding hydrogens is 248 g/mol. The molecule has 5 heteroatoms. The van der Waals surface area contributed by atoms with E-state index in [9.17, 15) is 14.7 Å². The first-order chi connectivity index (χ1) is 9.11. The lowest BCUT2D eigenvalue weighted by atomic mass is 10.2. The van der Waals surface area contributed by atoms with Gasteiger partial charge in [0.15, 0.2) is 6.61 Å². The molecule has 0 aliphatic heterocycles. The van der Waals surface area contributed by atoms with Crippen molar-refractivity contribution in [1.82, 2.24) is 0 Å². The van der Waals surface area contributed by atoms with E-state index in [0.717, 1.165) is 11.6 Å². The average Bonchev–Trinajstić information content (AvgIpc) is 2.43. The Kier molecular flexibility index (Phi) is 6.05. The number of hydrogen-bond donors (Lipinski definition) is 1. The molecule has 1 aromatic rings. The third kappa shape index (κ3) is 6.18. The summed E-state index contributed by atoms with van der Waals surface area (Å²) in [6, 6.07) is 9.13. The van der Waals surface area contributed by atoms with Gasteiger partial charge in [0.1, 0.15) is 0 Å². The molecular formula is C14H14O5. The molecule has 0 saturated heterocycles. The number of carbonyl (C=O) groups excluding carboxylic acids is 2. The van der Waals surface area contributed by atoms with Crippen molar-refractivity contribution in [2.75, 3.05) is 6.61 Å². The van der Waals surface area contributed by atoms with Crippen LogP contribution in [0.2, 0.25) is 0 Å². The summed E-state index contributed by atoms with van der Waals surface area (Å²) < 4.78 is 9.09. The van der Waals surface area contributed by atoms with Crippen molar-refractivity contribution in [3.05, 3.63) is 54.6 Å². The number of benzene rings is 1. The Hall–Kier alpha value is -2.40. The van der Waals surface area contributed by atoms with Gasteiger partial charge in [-0.3, -0.25) is 0 Å². The summed E-state index contributed by atoms with van der Waals surface area (Å²) in [5.74, 6) is -1.43. The second-order valence-electron chi connectivity index (χ2n) is 3.47.